The van der Waals surface area contributed by atoms with Gasteiger partial charge in [-0.3, -0.25) is 0 Å². The zero-order valence-corrected chi connectivity index (χ0v) is 16.6. The number of unbranched alkanes of at least 4 members (excludes halogenated alkanes) is 2. The lowest BCUT2D eigenvalue weighted by Crippen LogP contribution is -2.59. The first-order valence-corrected chi connectivity index (χ1v) is 10.5. The molecule has 148 valence electrons. The molecule has 0 amide bonds. The molecule has 1 heterocycles. The second-order valence-corrected chi connectivity index (χ2v) is 7.70. The van der Waals surface area contributed by atoms with Crippen LogP contribution in [0.15, 0.2) is 35.2 Å². The number of aliphatic hydroxyl groups is 2. The van der Waals surface area contributed by atoms with Gasteiger partial charge in [0, 0.05) is 18.1 Å². The van der Waals surface area contributed by atoms with Crippen LogP contribution in [0.25, 0.3) is 0 Å². The first kappa shape index (κ1) is 21.7. The van der Waals surface area contributed by atoms with Crippen molar-refractivity contribution in [2.75, 3.05) is 19.8 Å². The van der Waals surface area contributed by atoms with E-state index in [9.17, 15) is 10.2 Å². The van der Waals surface area contributed by atoms with Crippen molar-refractivity contribution in [3.63, 3.8) is 0 Å². The lowest BCUT2D eigenvalue weighted by Gasteiger charge is -2.43. The van der Waals surface area contributed by atoms with Crippen LogP contribution in [-0.4, -0.2) is 59.9 Å². The molecule has 1 aromatic carbocycles. The highest BCUT2D eigenvalue weighted by Gasteiger charge is 2.46. The normalized spacial score (nSPS) is 29.0. The largest absolute Gasteiger partial charge is 0.394 e. The van der Waals surface area contributed by atoms with Crippen LogP contribution in [0.2, 0.25) is 0 Å². The zero-order valence-electron chi connectivity index (χ0n) is 15.8. The van der Waals surface area contributed by atoms with Crippen LogP contribution in [0.5, 0.6) is 0 Å². The Morgan fingerprint density at radius 1 is 1.00 bits per heavy atom. The fraction of sp³-hybridized carbons (Fsp3) is 0.700. The molecular weight excluding hydrogens is 352 g/mol. The Hall–Kier alpha value is -0.630. The van der Waals surface area contributed by atoms with Crippen LogP contribution in [0.1, 0.15) is 39.5 Å². The Morgan fingerprint density at radius 2 is 1.62 bits per heavy atom. The Labute approximate surface area is 161 Å². The summed E-state index contributed by atoms with van der Waals surface area (Å²) in [7, 11) is 0. The minimum Gasteiger partial charge on any atom is -0.394 e. The maximum atomic E-state index is 10.6. The van der Waals surface area contributed by atoms with Crippen LogP contribution >= 0.6 is 11.8 Å². The molecule has 0 bridgehead atoms. The average Bonchev–Trinajstić information content (AvgIpc) is 2.66. The second kappa shape index (κ2) is 12.0. The van der Waals surface area contributed by atoms with Crippen LogP contribution < -0.4 is 0 Å². The maximum Gasteiger partial charge on any atom is 0.137 e. The highest BCUT2D eigenvalue weighted by Crippen LogP contribution is 2.36. The van der Waals surface area contributed by atoms with Crippen LogP contribution in [-0.2, 0) is 14.2 Å². The van der Waals surface area contributed by atoms with Gasteiger partial charge in [0.05, 0.1) is 6.61 Å². The summed E-state index contributed by atoms with van der Waals surface area (Å²) in [6.45, 7) is 5.13. The molecule has 2 rings (SSSR count). The van der Waals surface area contributed by atoms with E-state index in [1.807, 2.05) is 30.3 Å². The van der Waals surface area contributed by atoms with E-state index in [-0.39, 0.29) is 18.1 Å². The lowest BCUT2D eigenvalue weighted by atomic mass is 9.99. The molecule has 0 unspecified atom stereocenters. The molecule has 1 aliphatic rings. The van der Waals surface area contributed by atoms with E-state index in [1.54, 1.807) is 11.8 Å². The van der Waals surface area contributed by atoms with Crippen molar-refractivity contribution >= 4 is 11.8 Å². The molecule has 1 aliphatic heterocycles. The third kappa shape index (κ3) is 6.22. The number of thioether (sulfide) groups is 1. The summed E-state index contributed by atoms with van der Waals surface area (Å²) >= 11 is 1.55. The first-order chi connectivity index (χ1) is 12.7. The van der Waals surface area contributed by atoms with Crippen LogP contribution in [0.3, 0.4) is 0 Å². The van der Waals surface area contributed by atoms with Crippen molar-refractivity contribution in [3.8, 4) is 0 Å². The highest BCUT2D eigenvalue weighted by atomic mass is 32.2. The number of hydrogen-bond donors (Lipinski definition) is 2. The van der Waals surface area contributed by atoms with Crippen LogP contribution in [0.4, 0.5) is 0 Å². The van der Waals surface area contributed by atoms with Crippen molar-refractivity contribution < 1.29 is 24.4 Å². The summed E-state index contributed by atoms with van der Waals surface area (Å²) in [5, 5.41) is 20.3. The van der Waals surface area contributed by atoms with E-state index < -0.39 is 18.3 Å². The zero-order chi connectivity index (χ0) is 18.8. The van der Waals surface area contributed by atoms with E-state index in [1.165, 1.54) is 0 Å². The first-order valence-electron chi connectivity index (χ1n) is 9.60. The Balaban J connectivity index is 2.15. The summed E-state index contributed by atoms with van der Waals surface area (Å²) in [4.78, 5) is 1.06. The molecule has 1 aromatic rings. The van der Waals surface area contributed by atoms with Gasteiger partial charge in [-0.25, -0.2) is 0 Å². The molecule has 0 aliphatic carbocycles. The molecule has 1 fully saturated rings. The molecule has 5 atom stereocenters. The SMILES string of the molecule is CCCCO[C@@H]1[C@@H](OCCCC)[C@H](O)[C@@H](CO)O[C@H]1Sc1ccccc1. The maximum absolute atomic E-state index is 10.6. The van der Waals surface area contributed by atoms with Gasteiger partial charge in [0.15, 0.2) is 0 Å². The van der Waals surface area contributed by atoms with Gasteiger partial charge in [-0.2, -0.15) is 0 Å². The van der Waals surface area contributed by atoms with Gasteiger partial charge in [0.25, 0.3) is 0 Å². The topological polar surface area (TPSA) is 68.2 Å². The Kier molecular flexibility index (Phi) is 9.96. The second-order valence-electron chi connectivity index (χ2n) is 6.52. The standard InChI is InChI=1S/C20H32O5S/c1-3-5-12-23-18-17(22)16(14-21)25-20(19(18)24-13-6-4-2)26-15-10-8-7-9-11-15/h7-11,16-22H,3-6,12-14H2,1-2H3/t16-,17-,18+,19-,20+/m1/s1. The van der Waals surface area contributed by atoms with Crippen LogP contribution in [0, 0.1) is 0 Å². The Bertz CT molecular complexity index is 486. The van der Waals surface area contributed by atoms with E-state index in [0.29, 0.717) is 13.2 Å². The van der Waals surface area contributed by atoms with Gasteiger partial charge in [-0.05, 0) is 25.0 Å². The summed E-state index contributed by atoms with van der Waals surface area (Å²) in [6, 6.07) is 9.96. The van der Waals surface area contributed by atoms with Crippen molar-refractivity contribution in [2.45, 2.75) is 74.3 Å². The average molecular weight is 385 g/mol. The molecule has 0 saturated carbocycles. The summed E-state index contributed by atoms with van der Waals surface area (Å²) in [6.07, 6.45) is 1.45. The van der Waals surface area contributed by atoms with E-state index in [0.717, 1.165) is 30.6 Å². The highest BCUT2D eigenvalue weighted by molar-refractivity contribution is 7.99. The molecule has 0 spiro atoms. The van der Waals surface area contributed by atoms with Gasteiger partial charge in [-0.1, -0.05) is 56.7 Å². The predicted octanol–water partition coefficient (Wildman–Crippen LogP) is 3.23. The van der Waals surface area contributed by atoms with Gasteiger partial charge >= 0.3 is 0 Å². The van der Waals surface area contributed by atoms with Crippen molar-refractivity contribution in [1.29, 1.82) is 0 Å². The number of rotatable bonds is 11. The fourth-order valence-electron chi connectivity index (χ4n) is 2.86. The molecule has 2 N–H and O–H groups in total. The molecule has 26 heavy (non-hydrogen) atoms. The van der Waals surface area contributed by atoms with Gasteiger partial charge in [0.2, 0.25) is 0 Å². The van der Waals surface area contributed by atoms with Crippen molar-refractivity contribution in [2.24, 2.45) is 0 Å². The monoisotopic (exact) mass is 384 g/mol. The van der Waals surface area contributed by atoms with Gasteiger partial charge in [-0.15, -0.1) is 0 Å². The fourth-order valence-corrected chi connectivity index (χ4v) is 4.01. The Morgan fingerprint density at radius 3 is 2.19 bits per heavy atom. The van der Waals surface area contributed by atoms with Gasteiger partial charge < -0.3 is 24.4 Å². The number of aliphatic hydroxyl groups excluding tert-OH is 2. The van der Waals surface area contributed by atoms with E-state index in [2.05, 4.69) is 13.8 Å². The molecule has 0 radical (unpaired) electrons. The molecular formula is C20H32O5S. The number of ether oxygens (including phenoxy) is 3. The third-order valence-corrected chi connectivity index (χ3v) is 5.57. The molecule has 5 nitrogen and oxygen atoms in total. The molecule has 6 heteroatoms. The predicted molar refractivity (Wildman–Crippen MR) is 103 cm³/mol. The number of hydrogen-bond acceptors (Lipinski definition) is 6. The molecule has 0 aromatic heterocycles. The minimum absolute atomic E-state index is 0.248. The summed E-state index contributed by atoms with van der Waals surface area (Å²) in [5.41, 5.74) is -0.346. The van der Waals surface area contributed by atoms with E-state index in [4.69, 9.17) is 14.2 Å². The number of benzene rings is 1. The lowest BCUT2D eigenvalue weighted by molar-refractivity contribution is -0.232. The smallest absolute Gasteiger partial charge is 0.137 e. The van der Waals surface area contributed by atoms with Gasteiger partial charge in [0.1, 0.15) is 29.9 Å². The quantitative estimate of drug-likeness (QED) is 0.571. The van der Waals surface area contributed by atoms with E-state index >= 15 is 0 Å². The molecule has 1 saturated heterocycles. The van der Waals surface area contributed by atoms with Crippen molar-refractivity contribution in [3.05, 3.63) is 30.3 Å². The summed E-state index contributed by atoms with van der Waals surface area (Å²) < 4.78 is 18.1. The summed E-state index contributed by atoms with van der Waals surface area (Å²) in [5.74, 6) is 0. The van der Waals surface area contributed by atoms with Crippen molar-refractivity contribution in [1.82, 2.24) is 0 Å². The third-order valence-electron chi connectivity index (χ3n) is 4.41. The minimum atomic E-state index is -0.906.